The van der Waals surface area contributed by atoms with Crippen molar-refractivity contribution in [3.8, 4) is 5.75 Å². The molecular formula is C15H13BrF2O. The van der Waals surface area contributed by atoms with Gasteiger partial charge in [0.15, 0.2) is 11.6 Å². The summed E-state index contributed by atoms with van der Waals surface area (Å²) in [5, 5.41) is 0. The molecule has 2 aromatic carbocycles. The maximum Gasteiger partial charge on any atom is 0.163 e. The highest BCUT2D eigenvalue weighted by atomic mass is 79.9. The maximum atomic E-state index is 13.6. The number of methoxy groups -OCH3 is 1. The third kappa shape index (κ3) is 3.32. The molecule has 0 spiro atoms. The van der Waals surface area contributed by atoms with Crippen LogP contribution in [0.5, 0.6) is 5.75 Å². The summed E-state index contributed by atoms with van der Waals surface area (Å²) in [6.45, 7) is 0. The Morgan fingerprint density at radius 3 is 2.42 bits per heavy atom. The summed E-state index contributed by atoms with van der Waals surface area (Å²) in [6.07, 6.45) is 0.574. The molecule has 19 heavy (non-hydrogen) atoms. The van der Waals surface area contributed by atoms with E-state index in [9.17, 15) is 8.78 Å². The first-order valence-electron chi connectivity index (χ1n) is 5.82. The lowest BCUT2D eigenvalue weighted by Gasteiger charge is -2.12. The predicted octanol–water partition coefficient (Wildman–Crippen LogP) is 4.65. The van der Waals surface area contributed by atoms with Crippen LogP contribution in [0.15, 0.2) is 42.5 Å². The normalized spacial score (nSPS) is 12.2. The molecule has 1 unspecified atom stereocenters. The first-order chi connectivity index (χ1) is 9.11. The highest BCUT2D eigenvalue weighted by Crippen LogP contribution is 2.30. The van der Waals surface area contributed by atoms with E-state index >= 15 is 0 Å². The Morgan fingerprint density at radius 2 is 1.79 bits per heavy atom. The third-order valence-corrected chi connectivity index (χ3v) is 3.71. The second-order valence-electron chi connectivity index (χ2n) is 4.16. The Morgan fingerprint density at radius 1 is 1.11 bits per heavy atom. The summed E-state index contributed by atoms with van der Waals surface area (Å²) < 4.78 is 31.9. The highest BCUT2D eigenvalue weighted by molar-refractivity contribution is 9.09. The van der Waals surface area contributed by atoms with E-state index < -0.39 is 11.6 Å². The van der Waals surface area contributed by atoms with Gasteiger partial charge in [-0.15, -0.1) is 0 Å². The molecule has 1 nitrogen and oxygen atoms in total. The smallest absolute Gasteiger partial charge is 0.163 e. The molecule has 0 saturated carbocycles. The molecule has 0 aromatic heterocycles. The molecule has 1 atom stereocenters. The minimum atomic E-state index is -0.823. The molecule has 0 saturated heterocycles. The number of ether oxygens (including phenoxy) is 1. The van der Waals surface area contributed by atoms with Crippen LogP contribution >= 0.6 is 15.9 Å². The van der Waals surface area contributed by atoms with Crippen molar-refractivity contribution in [2.75, 3.05) is 7.11 Å². The number of benzene rings is 2. The van der Waals surface area contributed by atoms with Gasteiger partial charge in [-0.2, -0.15) is 0 Å². The van der Waals surface area contributed by atoms with E-state index in [1.165, 1.54) is 6.07 Å². The van der Waals surface area contributed by atoms with Crippen molar-refractivity contribution in [3.05, 3.63) is 65.2 Å². The molecule has 4 heteroatoms. The van der Waals surface area contributed by atoms with Crippen molar-refractivity contribution in [1.29, 1.82) is 0 Å². The zero-order chi connectivity index (χ0) is 13.8. The molecule has 0 fully saturated rings. The molecule has 100 valence electrons. The van der Waals surface area contributed by atoms with Crippen LogP contribution < -0.4 is 4.74 Å². The fourth-order valence-corrected chi connectivity index (χ4v) is 2.57. The Hall–Kier alpha value is -1.42. The molecular weight excluding hydrogens is 314 g/mol. The SMILES string of the molecule is COc1ccc(CC(Br)c2cccc(F)c2F)cc1. The molecule has 0 aliphatic rings. The second-order valence-corrected chi connectivity index (χ2v) is 5.27. The summed E-state index contributed by atoms with van der Waals surface area (Å²) in [6, 6.07) is 11.7. The lowest BCUT2D eigenvalue weighted by molar-refractivity contribution is 0.414. The first kappa shape index (κ1) is 14.0. The van der Waals surface area contributed by atoms with E-state index in [0.29, 0.717) is 12.0 Å². The van der Waals surface area contributed by atoms with Crippen molar-refractivity contribution in [3.63, 3.8) is 0 Å². The molecule has 0 bridgehead atoms. The highest BCUT2D eigenvalue weighted by Gasteiger charge is 2.16. The van der Waals surface area contributed by atoms with Gasteiger partial charge in [0.2, 0.25) is 0 Å². The van der Waals surface area contributed by atoms with Crippen molar-refractivity contribution in [2.24, 2.45) is 0 Å². The van der Waals surface area contributed by atoms with Crippen LogP contribution in [0.25, 0.3) is 0 Å². The van der Waals surface area contributed by atoms with Crippen LogP contribution in [-0.4, -0.2) is 7.11 Å². The minimum Gasteiger partial charge on any atom is -0.497 e. The van der Waals surface area contributed by atoms with Crippen LogP contribution in [0, 0.1) is 11.6 Å². The van der Waals surface area contributed by atoms with Gasteiger partial charge < -0.3 is 4.74 Å². The predicted molar refractivity (Wildman–Crippen MR) is 74.7 cm³/mol. The van der Waals surface area contributed by atoms with Gasteiger partial charge in [0, 0.05) is 10.4 Å². The number of halogens is 3. The van der Waals surface area contributed by atoms with E-state index in [1.807, 2.05) is 24.3 Å². The van der Waals surface area contributed by atoms with Crippen LogP contribution in [0.1, 0.15) is 16.0 Å². The Bertz CT molecular complexity index is 555. The van der Waals surface area contributed by atoms with Crippen molar-refractivity contribution >= 4 is 15.9 Å². The molecule has 0 radical (unpaired) electrons. The van der Waals surface area contributed by atoms with E-state index in [2.05, 4.69) is 15.9 Å². The average molecular weight is 327 g/mol. The fourth-order valence-electron chi connectivity index (χ4n) is 1.84. The standard InChI is InChI=1S/C15H13BrF2O/c1-19-11-7-5-10(6-8-11)9-13(16)12-3-2-4-14(17)15(12)18/h2-8,13H,9H2,1H3. The molecule has 0 heterocycles. The molecule has 0 amide bonds. The lowest BCUT2D eigenvalue weighted by Crippen LogP contribution is -2.00. The van der Waals surface area contributed by atoms with Gasteiger partial charge in [-0.05, 0) is 30.2 Å². The second kappa shape index (κ2) is 6.15. The summed E-state index contributed by atoms with van der Waals surface area (Å²) in [5.41, 5.74) is 1.35. The van der Waals surface area contributed by atoms with E-state index in [-0.39, 0.29) is 4.83 Å². The summed E-state index contributed by atoms with van der Waals surface area (Å²) in [4.78, 5) is -0.267. The van der Waals surface area contributed by atoms with Crippen molar-refractivity contribution in [1.82, 2.24) is 0 Å². The number of hydrogen-bond acceptors (Lipinski definition) is 1. The van der Waals surface area contributed by atoms with Crippen LogP contribution in [0.4, 0.5) is 8.78 Å². The maximum absolute atomic E-state index is 13.6. The van der Waals surface area contributed by atoms with Gasteiger partial charge in [0.05, 0.1) is 7.11 Å². The lowest BCUT2D eigenvalue weighted by atomic mass is 10.0. The Labute approximate surface area is 119 Å². The zero-order valence-corrected chi connectivity index (χ0v) is 12.0. The molecule has 0 N–H and O–H groups in total. The molecule has 0 aliphatic carbocycles. The van der Waals surface area contributed by atoms with Crippen LogP contribution in [0.2, 0.25) is 0 Å². The van der Waals surface area contributed by atoms with Crippen molar-refractivity contribution in [2.45, 2.75) is 11.2 Å². The molecule has 2 rings (SSSR count). The number of rotatable bonds is 4. The third-order valence-electron chi connectivity index (χ3n) is 2.89. The monoisotopic (exact) mass is 326 g/mol. The van der Waals surface area contributed by atoms with Gasteiger partial charge in [0.25, 0.3) is 0 Å². The van der Waals surface area contributed by atoms with E-state index in [1.54, 1.807) is 13.2 Å². The Kier molecular flexibility index (Phi) is 4.53. The Balaban J connectivity index is 2.15. The van der Waals surface area contributed by atoms with Gasteiger partial charge in [-0.25, -0.2) is 8.78 Å². The summed E-state index contributed by atoms with van der Waals surface area (Å²) >= 11 is 3.41. The first-order valence-corrected chi connectivity index (χ1v) is 6.74. The largest absolute Gasteiger partial charge is 0.497 e. The van der Waals surface area contributed by atoms with Crippen molar-refractivity contribution < 1.29 is 13.5 Å². The summed E-state index contributed by atoms with van der Waals surface area (Å²) in [5.74, 6) is -0.846. The van der Waals surface area contributed by atoms with E-state index in [0.717, 1.165) is 17.4 Å². The van der Waals surface area contributed by atoms with Gasteiger partial charge >= 0.3 is 0 Å². The topological polar surface area (TPSA) is 9.23 Å². The minimum absolute atomic E-state index is 0.267. The van der Waals surface area contributed by atoms with Gasteiger partial charge in [-0.3, -0.25) is 0 Å². The number of alkyl halides is 1. The average Bonchev–Trinajstić information content (AvgIpc) is 2.42. The fraction of sp³-hybridized carbons (Fsp3) is 0.200. The molecule has 0 aliphatic heterocycles. The van der Waals surface area contributed by atoms with Crippen LogP contribution in [-0.2, 0) is 6.42 Å². The zero-order valence-electron chi connectivity index (χ0n) is 10.4. The quantitative estimate of drug-likeness (QED) is 0.743. The summed E-state index contributed by atoms with van der Waals surface area (Å²) in [7, 11) is 1.60. The number of hydrogen-bond donors (Lipinski definition) is 0. The van der Waals surface area contributed by atoms with Gasteiger partial charge in [-0.1, -0.05) is 40.2 Å². The molecule has 2 aromatic rings. The van der Waals surface area contributed by atoms with Gasteiger partial charge in [0.1, 0.15) is 5.75 Å². The van der Waals surface area contributed by atoms with Crippen LogP contribution in [0.3, 0.4) is 0 Å². The van der Waals surface area contributed by atoms with E-state index in [4.69, 9.17) is 4.74 Å².